The summed E-state index contributed by atoms with van der Waals surface area (Å²) in [4.78, 5) is 2.51. The predicted molar refractivity (Wildman–Crippen MR) is 73.6 cm³/mol. The van der Waals surface area contributed by atoms with E-state index in [1.165, 1.54) is 24.8 Å². The van der Waals surface area contributed by atoms with Crippen molar-refractivity contribution in [2.75, 3.05) is 13.1 Å². The van der Waals surface area contributed by atoms with Crippen LogP contribution in [0.4, 0.5) is 0 Å². The van der Waals surface area contributed by atoms with Crippen molar-refractivity contribution in [1.82, 2.24) is 4.90 Å². The number of piperidine rings is 1. The Hall–Kier alpha value is -0.860. The van der Waals surface area contributed by atoms with Crippen LogP contribution >= 0.6 is 0 Å². The van der Waals surface area contributed by atoms with Crippen molar-refractivity contribution in [2.45, 2.75) is 50.7 Å². The van der Waals surface area contributed by atoms with Gasteiger partial charge in [-0.1, -0.05) is 37.6 Å². The zero-order valence-corrected chi connectivity index (χ0v) is 11.2. The first-order chi connectivity index (χ1) is 8.77. The lowest BCUT2D eigenvalue weighted by molar-refractivity contribution is 0.0215. The van der Waals surface area contributed by atoms with Gasteiger partial charge in [-0.25, -0.2) is 0 Å². The van der Waals surface area contributed by atoms with Gasteiger partial charge in [0.25, 0.3) is 0 Å². The molecule has 1 heterocycles. The molecule has 1 aliphatic carbocycles. The molecule has 1 saturated heterocycles. The first-order valence-corrected chi connectivity index (χ1v) is 7.28. The monoisotopic (exact) mass is 245 g/mol. The van der Waals surface area contributed by atoms with E-state index in [9.17, 15) is 5.11 Å². The highest BCUT2D eigenvalue weighted by Gasteiger charge is 2.35. The van der Waals surface area contributed by atoms with Crippen molar-refractivity contribution >= 4 is 0 Å². The molecule has 1 aromatic carbocycles. The van der Waals surface area contributed by atoms with E-state index in [1.807, 2.05) is 6.07 Å². The number of hydrogen-bond donors (Lipinski definition) is 1. The molecule has 2 nitrogen and oxygen atoms in total. The first-order valence-electron chi connectivity index (χ1n) is 7.28. The third kappa shape index (κ3) is 2.08. The van der Waals surface area contributed by atoms with E-state index in [-0.39, 0.29) is 6.10 Å². The summed E-state index contributed by atoms with van der Waals surface area (Å²) in [6.07, 6.45) is 4.73. The van der Waals surface area contributed by atoms with Crippen molar-refractivity contribution < 1.29 is 5.11 Å². The molecular weight excluding hydrogens is 222 g/mol. The second-order valence-corrected chi connectivity index (χ2v) is 5.87. The van der Waals surface area contributed by atoms with Gasteiger partial charge in [-0.15, -0.1) is 0 Å². The molecule has 2 heteroatoms. The number of aliphatic hydroxyl groups excluding tert-OH is 1. The lowest BCUT2D eigenvalue weighted by atomic mass is 9.78. The summed E-state index contributed by atoms with van der Waals surface area (Å²) in [5.41, 5.74) is 2.50. The molecule has 1 aliphatic heterocycles. The quantitative estimate of drug-likeness (QED) is 0.822. The van der Waals surface area contributed by atoms with Gasteiger partial charge in [0.1, 0.15) is 0 Å². The predicted octanol–water partition coefficient (Wildman–Crippen LogP) is 3.08. The van der Waals surface area contributed by atoms with Gasteiger partial charge in [-0.2, -0.15) is 0 Å². The maximum atomic E-state index is 10.6. The van der Waals surface area contributed by atoms with Crippen LogP contribution < -0.4 is 0 Å². The molecule has 0 radical (unpaired) electrons. The number of benzene rings is 1. The minimum Gasteiger partial charge on any atom is -0.387 e. The average molecular weight is 245 g/mol. The van der Waals surface area contributed by atoms with Gasteiger partial charge in [0.15, 0.2) is 0 Å². The molecule has 0 spiro atoms. The Morgan fingerprint density at radius 2 is 1.72 bits per heavy atom. The molecule has 1 aromatic rings. The Labute approximate surface area is 110 Å². The van der Waals surface area contributed by atoms with Gasteiger partial charge in [0.05, 0.1) is 6.10 Å². The molecule has 3 atom stereocenters. The maximum Gasteiger partial charge on any atom is 0.0948 e. The zero-order chi connectivity index (χ0) is 12.5. The van der Waals surface area contributed by atoms with Gasteiger partial charge in [-0.05, 0) is 49.4 Å². The Morgan fingerprint density at radius 3 is 2.44 bits per heavy atom. The number of likely N-dealkylation sites (tertiary alicyclic amines) is 1. The highest BCUT2D eigenvalue weighted by Crippen LogP contribution is 2.40. The van der Waals surface area contributed by atoms with Gasteiger partial charge in [0.2, 0.25) is 0 Å². The number of aliphatic hydroxyl groups is 1. The molecule has 0 saturated carbocycles. The molecule has 3 rings (SSSR count). The standard InChI is InChI=1S/C16H23NO/c1-12-11-15(17-9-5-2-6-10-17)16(18)14-8-4-3-7-13(12)14/h3-4,7-8,12,15-16,18H,2,5-6,9-11H2,1H3. The summed E-state index contributed by atoms with van der Waals surface area (Å²) in [5, 5.41) is 10.6. The third-order valence-electron chi connectivity index (χ3n) is 4.66. The largest absolute Gasteiger partial charge is 0.387 e. The van der Waals surface area contributed by atoms with Gasteiger partial charge in [0, 0.05) is 6.04 Å². The number of nitrogens with zero attached hydrogens (tertiary/aromatic N) is 1. The first kappa shape index (κ1) is 12.2. The van der Waals surface area contributed by atoms with E-state index >= 15 is 0 Å². The molecule has 3 unspecified atom stereocenters. The molecule has 0 bridgehead atoms. The van der Waals surface area contributed by atoms with Crippen molar-refractivity contribution in [3.8, 4) is 0 Å². The smallest absolute Gasteiger partial charge is 0.0948 e. The van der Waals surface area contributed by atoms with Crippen LogP contribution in [0.15, 0.2) is 24.3 Å². The molecule has 2 aliphatic rings. The fraction of sp³-hybridized carbons (Fsp3) is 0.625. The van der Waals surface area contributed by atoms with Gasteiger partial charge in [-0.3, -0.25) is 4.90 Å². The summed E-state index contributed by atoms with van der Waals surface area (Å²) >= 11 is 0. The summed E-state index contributed by atoms with van der Waals surface area (Å²) in [7, 11) is 0. The molecule has 1 fully saturated rings. The normalized spacial score (nSPS) is 33.1. The Morgan fingerprint density at radius 1 is 1.06 bits per heavy atom. The second-order valence-electron chi connectivity index (χ2n) is 5.87. The topological polar surface area (TPSA) is 23.5 Å². The van der Waals surface area contributed by atoms with Crippen molar-refractivity contribution in [3.63, 3.8) is 0 Å². The molecule has 0 amide bonds. The number of rotatable bonds is 1. The summed E-state index contributed by atoms with van der Waals surface area (Å²) in [5.74, 6) is 0.566. The van der Waals surface area contributed by atoms with Crippen molar-refractivity contribution in [1.29, 1.82) is 0 Å². The van der Waals surface area contributed by atoms with Crippen LogP contribution in [0.5, 0.6) is 0 Å². The highest BCUT2D eigenvalue weighted by atomic mass is 16.3. The Balaban J connectivity index is 1.86. The summed E-state index contributed by atoms with van der Waals surface area (Å²) in [6, 6.07) is 8.74. The van der Waals surface area contributed by atoms with E-state index in [1.54, 1.807) is 0 Å². The zero-order valence-electron chi connectivity index (χ0n) is 11.2. The number of fused-ring (bicyclic) bond motifs is 1. The van der Waals surface area contributed by atoms with Crippen molar-refractivity contribution in [3.05, 3.63) is 35.4 Å². The van der Waals surface area contributed by atoms with Crippen LogP contribution in [-0.2, 0) is 0 Å². The third-order valence-corrected chi connectivity index (χ3v) is 4.66. The van der Waals surface area contributed by atoms with Crippen LogP contribution in [0.2, 0.25) is 0 Å². The molecular formula is C16H23NO. The minimum absolute atomic E-state index is 0.296. The fourth-order valence-electron chi connectivity index (χ4n) is 3.65. The van der Waals surface area contributed by atoms with Crippen LogP contribution in [0.25, 0.3) is 0 Å². The number of hydrogen-bond acceptors (Lipinski definition) is 2. The SMILES string of the molecule is CC1CC(N2CCCCC2)C(O)c2ccccc21. The summed E-state index contributed by atoms with van der Waals surface area (Å²) < 4.78 is 0. The van der Waals surface area contributed by atoms with Crippen LogP contribution in [-0.4, -0.2) is 29.1 Å². The molecule has 18 heavy (non-hydrogen) atoms. The van der Waals surface area contributed by atoms with Crippen LogP contribution in [0, 0.1) is 0 Å². The van der Waals surface area contributed by atoms with E-state index in [0.717, 1.165) is 25.1 Å². The Kier molecular flexibility index (Phi) is 3.40. The molecule has 0 aromatic heterocycles. The van der Waals surface area contributed by atoms with Crippen molar-refractivity contribution in [2.24, 2.45) is 0 Å². The van der Waals surface area contributed by atoms with Crippen LogP contribution in [0.3, 0.4) is 0 Å². The minimum atomic E-state index is -0.296. The second kappa shape index (κ2) is 5.02. The lowest BCUT2D eigenvalue weighted by Crippen LogP contribution is -2.45. The Bertz CT molecular complexity index is 411. The lowest BCUT2D eigenvalue weighted by Gasteiger charge is -2.42. The van der Waals surface area contributed by atoms with Gasteiger partial charge >= 0.3 is 0 Å². The van der Waals surface area contributed by atoms with Crippen LogP contribution in [0.1, 0.15) is 55.8 Å². The van der Waals surface area contributed by atoms with Gasteiger partial charge < -0.3 is 5.11 Å². The fourth-order valence-corrected chi connectivity index (χ4v) is 3.65. The molecule has 1 N–H and O–H groups in total. The van der Waals surface area contributed by atoms with E-state index < -0.39 is 0 Å². The van der Waals surface area contributed by atoms with E-state index in [0.29, 0.717) is 12.0 Å². The highest BCUT2D eigenvalue weighted by molar-refractivity contribution is 5.35. The average Bonchev–Trinajstić information content (AvgIpc) is 2.44. The maximum absolute atomic E-state index is 10.6. The van der Waals surface area contributed by atoms with E-state index in [4.69, 9.17) is 0 Å². The van der Waals surface area contributed by atoms with E-state index in [2.05, 4.69) is 30.0 Å². The molecule has 98 valence electrons. The summed E-state index contributed by atoms with van der Waals surface area (Å²) in [6.45, 7) is 4.62.